The van der Waals surface area contributed by atoms with Crippen LogP contribution in [0.15, 0.2) is 35.7 Å². The Morgan fingerprint density at radius 3 is 2.89 bits per heavy atom. The topological polar surface area (TPSA) is 70.9 Å². The van der Waals surface area contributed by atoms with Gasteiger partial charge in [-0.05, 0) is 42.1 Å². The molecule has 0 aliphatic heterocycles. The normalized spacial score (nSPS) is 10.8. The molecule has 1 aromatic carbocycles. The number of anilines is 2. The van der Waals surface area contributed by atoms with Crippen molar-refractivity contribution in [3.05, 3.63) is 47.0 Å². The molecule has 4 nitrogen and oxygen atoms in total. The Hall–Kier alpha value is -2.27. The summed E-state index contributed by atoms with van der Waals surface area (Å²) in [6.45, 7) is 1.96. The van der Waals surface area contributed by atoms with Crippen LogP contribution in [0.25, 0.3) is 10.2 Å². The molecule has 5 heteroatoms. The van der Waals surface area contributed by atoms with Crippen molar-refractivity contribution < 1.29 is 4.79 Å². The van der Waals surface area contributed by atoms with Gasteiger partial charge in [0.05, 0.1) is 21.6 Å². The van der Waals surface area contributed by atoms with E-state index in [1.807, 2.05) is 42.6 Å². The Labute approximate surface area is 114 Å². The third kappa shape index (κ3) is 2.20. The van der Waals surface area contributed by atoms with E-state index in [0.717, 1.165) is 15.8 Å². The highest BCUT2D eigenvalue weighted by Crippen LogP contribution is 2.23. The zero-order valence-corrected chi connectivity index (χ0v) is 11.2. The van der Waals surface area contributed by atoms with Gasteiger partial charge in [-0.3, -0.25) is 4.79 Å². The second-order valence-electron chi connectivity index (χ2n) is 4.43. The van der Waals surface area contributed by atoms with Gasteiger partial charge in [0.25, 0.3) is 5.91 Å². The molecule has 0 aliphatic rings. The number of nitrogen functional groups attached to an aromatic ring is 1. The lowest BCUT2D eigenvalue weighted by atomic mass is 10.2. The van der Waals surface area contributed by atoms with Crippen molar-refractivity contribution in [3.8, 4) is 0 Å². The maximum Gasteiger partial charge on any atom is 0.272 e. The number of aryl methyl sites for hydroxylation is 1. The molecule has 3 aromatic rings. The van der Waals surface area contributed by atoms with E-state index in [1.54, 1.807) is 11.3 Å². The van der Waals surface area contributed by atoms with Crippen LogP contribution in [-0.2, 0) is 0 Å². The van der Waals surface area contributed by atoms with Crippen molar-refractivity contribution in [2.45, 2.75) is 6.92 Å². The number of carbonyl (C=O) groups is 1. The van der Waals surface area contributed by atoms with E-state index >= 15 is 0 Å². The second kappa shape index (κ2) is 4.44. The number of aromatic amines is 1. The first-order valence-electron chi connectivity index (χ1n) is 5.87. The molecule has 0 spiro atoms. The van der Waals surface area contributed by atoms with Crippen LogP contribution in [0.5, 0.6) is 0 Å². The number of nitrogens with one attached hydrogen (secondary N) is 2. The number of benzene rings is 1. The van der Waals surface area contributed by atoms with Crippen molar-refractivity contribution >= 4 is 38.8 Å². The molecule has 0 saturated carbocycles. The number of thiophene rings is 1. The summed E-state index contributed by atoms with van der Waals surface area (Å²) in [5.74, 6) is -0.182. The molecule has 0 saturated heterocycles. The van der Waals surface area contributed by atoms with Crippen molar-refractivity contribution in [3.63, 3.8) is 0 Å². The van der Waals surface area contributed by atoms with Gasteiger partial charge < -0.3 is 16.0 Å². The number of hydrogen-bond acceptors (Lipinski definition) is 3. The first kappa shape index (κ1) is 11.8. The van der Waals surface area contributed by atoms with Crippen LogP contribution in [0.2, 0.25) is 0 Å². The average molecular weight is 271 g/mol. The molecular formula is C14H13N3OS. The van der Waals surface area contributed by atoms with Gasteiger partial charge in [-0.25, -0.2) is 0 Å². The minimum absolute atomic E-state index is 0.182. The zero-order valence-electron chi connectivity index (χ0n) is 10.4. The summed E-state index contributed by atoms with van der Waals surface area (Å²) in [5, 5.41) is 4.80. The fraction of sp³-hybridized carbons (Fsp3) is 0.0714. The predicted octanol–water partition coefficient (Wildman–Crippen LogP) is 3.37. The van der Waals surface area contributed by atoms with Gasteiger partial charge in [-0.1, -0.05) is 6.07 Å². The van der Waals surface area contributed by atoms with Gasteiger partial charge in [-0.2, -0.15) is 0 Å². The van der Waals surface area contributed by atoms with Crippen LogP contribution in [0.1, 0.15) is 16.1 Å². The van der Waals surface area contributed by atoms with Gasteiger partial charge in [0.2, 0.25) is 0 Å². The molecule has 96 valence electrons. The lowest BCUT2D eigenvalue weighted by molar-refractivity contribution is 0.102. The SMILES string of the molecule is Cc1ccc(NC(=O)c2cc3sccc3[nH]2)c(N)c1. The van der Waals surface area contributed by atoms with Crippen molar-refractivity contribution in [2.75, 3.05) is 11.1 Å². The highest BCUT2D eigenvalue weighted by molar-refractivity contribution is 7.17. The number of nitrogens with two attached hydrogens (primary N) is 1. The Morgan fingerprint density at radius 1 is 1.32 bits per heavy atom. The highest BCUT2D eigenvalue weighted by atomic mass is 32.1. The smallest absolute Gasteiger partial charge is 0.272 e. The minimum atomic E-state index is -0.182. The van der Waals surface area contributed by atoms with E-state index in [2.05, 4.69) is 10.3 Å². The number of amides is 1. The molecule has 0 bridgehead atoms. The van der Waals surface area contributed by atoms with Crippen molar-refractivity contribution in [2.24, 2.45) is 0 Å². The van der Waals surface area contributed by atoms with Crippen LogP contribution in [0, 0.1) is 6.92 Å². The second-order valence-corrected chi connectivity index (χ2v) is 5.37. The Morgan fingerprint density at radius 2 is 2.16 bits per heavy atom. The van der Waals surface area contributed by atoms with Crippen LogP contribution >= 0.6 is 11.3 Å². The third-order valence-electron chi connectivity index (χ3n) is 2.94. The molecule has 19 heavy (non-hydrogen) atoms. The molecule has 4 N–H and O–H groups in total. The number of aromatic nitrogens is 1. The summed E-state index contributed by atoms with van der Waals surface area (Å²) in [6.07, 6.45) is 0. The number of H-pyrrole nitrogens is 1. The lowest BCUT2D eigenvalue weighted by Crippen LogP contribution is -2.13. The highest BCUT2D eigenvalue weighted by Gasteiger charge is 2.11. The van der Waals surface area contributed by atoms with Gasteiger partial charge in [0, 0.05) is 0 Å². The quantitative estimate of drug-likeness (QED) is 0.625. The molecule has 0 unspecified atom stereocenters. The number of fused-ring (bicyclic) bond motifs is 1. The fourth-order valence-electron chi connectivity index (χ4n) is 1.96. The average Bonchev–Trinajstić information content (AvgIpc) is 2.93. The minimum Gasteiger partial charge on any atom is -0.397 e. The number of rotatable bonds is 2. The molecule has 3 rings (SSSR count). The van der Waals surface area contributed by atoms with E-state index in [-0.39, 0.29) is 5.91 Å². The maximum absolute atomic E-state index is 12.1. The number of carbonyl (C=O) groups excluding carboxylic acids is 1. The van der Waals surface area contributed by atoms with Crippen molar-refractivity contribution in [1.82, 2.24) is 4.98 Å². The zero-order chi connectivity index (χ0) is 13.4. The predicted molar refractivity (Wildman–Crippen MR) is 79.7 cm³/mol. The monoisotopic (exact) mass is 271 g/mol. The molecule has 0 fully saturated rings. The Bertz CT molecular complexity index is 728. The van der Waals surface area contributed by atoms with Crippen molar-refractivity contribution in [1.29, 1.82) is 0 Å². The summed E-state index contributed by atoms with van der Waals surface area (Å²) < 4.78 is 1.07. The van der Waals surface area contributed by atoms with Gasteiger partial charge in [0.15, 0.2) is 0 Å². The Balaban J connectivity index is 1.86. The first-order chi connectivity index (χ1) is 9.13. The van der Waals surface area contributed by atoms with Gasteiger partial charge in [0.1, 0.15) is 5.69 Å². The number of hydrogen-bond donors (Lipinski definition) is 3. The molecule has 0 atom stereocenters. The van der Waals surface area contributed by atoms with Crippen LogP contribution in [0.4, 0.5) is 11.4 Å². The fourth-order valence-corrected chi connectivity index (χ4v) is 2.74. The molecule has 0 radical (unpaired) electrons. The standard InChI is InChI=1S/C14H13N3OS/c1-8-2-3-10(9(15)6-8)17-14(18)12-7-13-11(16-12)4-5-19-13/h2-7,16H,15H2,1H3,(H,17,18). The molecule has 2 heterocycles. The summed E-state index contributed by atoms with van der Waals surface area (Å²) >= 11 is 1.60. The van der Waals surface area contributed by atoms with Crippen LogP contribution in [0.3, 0.4) is 0 Å². The summed E-state index contributed by atoms with van der Waals surface area (Å²) in [6, 6.07) is 9.37. The maximum atomic E-state index is 12.1. The largest absolute Gasteiger partial charge is 0.397 e. The molecular weight excluding hydrogens is 258 g/mol. The third-order valence-corrected chi connectivity index (χ3v) is 3.80. The van der Waals surface area contributed by atoms with E-state index in [9.17, 15) is 4.79 Å². The van der Waals surface area contributed by atoms with E-state index in [1.165, 1.54) is 0 Å². The molecule has 1 amide bonds. The molecule has 0 aliphatic carbocycles. The summed E-state index contributed by atoms with van der Waals surface area (Å²) in [7, 11) is 0. The first-order valence-corrected chi connectivity index (χ1v) is 6.75. The van der Waals surface area contributed by atoms with E-state index in [0.29, 0.717) is 17.1 Å². The lowest BCUT2D eigenvalue weighted by Gasteiger charge is -2.07. The van der Waals surface area contributed by atoms with Gasteiger partial charge in [-0.15, -0.1) is 11.3 Å². The molecule has 2 aromatic heterocycles. The Kier molecular flexibility index (Phi) is 2.76. The summed E-state index contributed by atoms with van der Waals surface area (Å²) in [4.78, 5) is 15.2. The van der Waals surface area contributed by atoms with Crippen LogP contribution < -0.4 is 11.1 Å². The van der Waals surface area contributed by atoms with Gasteiger partial charge >= 0.3 is 0 Å². The van der Waals surface area contributed by atoms with Crippen LogP contribution in [-0.4, -0.2) is 10.9 Å². The van der Waals surface area contributed by atoms with E-state index in [4.69, 9.17) is 5.73 Å². The van der Waals surface area contributed by atoms with E-state index < -0.39 is 0 Å². The summed E-state index contributed by atoms with van der Waals surface area (Å²) in [5.41, 5.74) is 9.67.